The molecule has 0 aliphatic rings. The largest absolute Gasteiger partial charge is 0.338 e. The summed E-state index contributed by atoms with van der Waals surface area (Å²) in [5, 5.41) is 9.55. The van der Waals surface area contributed by atoms with E-state index in [1.807, 2.05) is 13.0 Å². The summed E-state index contributed by atoms with van der Waals surface area (Å²) >= 11 is 1.64. The highest BCUT2D eigenvalue weighted by Gasteiger charge is 2.17. The number of amides is 1. The Hall–Kier alpha value is -1.54. The molecule has 18 heavy (non-hydrogen) atoms. The van der Waals surface area contributed by atoms with Crippen LogP contribution in [0.15, 0.2) is 23.4 Å². The highest BCUT2D eigenvalue weighted by atomic mass is 32.2. The van der Waals surface area contributed by atoms with Crippen LogP contribution < -0.4 is 0 Å². The third-order valence-corrected chi connectivity index (χ3v) is 3.47. The van der Waals surface area contributed by atoms with Crippen LogP contribution in [0, 0.1) is 11.3 Å². The van der Waals surface area contributed by atoms with Crippen LogP contribution in [0.4, 0.5) is 0 Å². The van der Waals surface area contributed by atoms with Crippen molar-refractivity contribution in [2.24, 2.45) is 0 Å². The first-order valence-corrected chi connectivity index (χ1v) is 6.81. The average Bonchev–Trinajstić information content (AvgIpc) is 2.38. The van der Waals surface area contributed by atoms with Gasteiger partial charge in [0.05, 0.1) is 23.1 Å². The molecule has 1 aromatic rings. The number of rotatable bonds is 5. The Morgan fingerprint density at radius 1 is 1.61 bits per heavy atom. The summed E-state index contributed by atoms with van der Waals surface area (Å²) < 4.78 is 0. The van der Waals surface area contributed by atoms with E-state index in [1.165, 1.54) is 0 Å². The Morgan fingerprint density at radius 3 is 2.83 bits per heavy atom. The van der Waals surface area contributed by atoms with Gasteiger partial charge in [0, 0.05) is 19.3 Å². The van der Waals surface area contributed by atoms with Crippen molar-refractivity contribution in [3.05, 3.63) is 23.9 Å². The Bertz CT molecular complexity index is 439. The SMILES string of the molecule is CCSc1ccc(C(=O)N(C)[C@H](C)CC#N)cn1. The van der Waals surface area contributed by atoms with Crippen LogP contribution >= 0.6 is 11.8 Å². The summed E-state index contributed by atoms with van der Waals surface area (Å²) in [5.74, 6) is 0.859. The van der Waals surface area contributed by atoms with Crippen molar-refractivity contribution >= 4 is 17.7 Å². The van der Waals surface area contributed by atoms with E-state index in [2.05, 4.69) is 18.0 Å². The molecule has 0 saturated carbocycles. The second-order valence-corrected chi connectivity index (χ2v) is 5.23. The maximum atomic E-state index is 12.1. The van der Waals surface area contributed by atoms with Crippen molar-refractivity contribution < 1.29 is 4.79 Å². The average molecular weight is 263 g/mol. The number of aromatic nitrogens is 1. The molecule has 5 heteroatoms. The zero-order valence-corrected chi connectivity index (χ0v) is 11.7. The molecule has 0 saturated heterocycles. The molecule has 1 heterocycles. The van der Waals surface area contributed by atoms with Crippen molar-refractivity contribution in [3.8, 4) is 6.07 Å². The summed E-state index contributed by atoms with van der Waals surface area (Å²) in [7, 11) is 1.71. The third-order valence-electron chi connectivity index (χ3n) is 2.64. The Balaban J connectivity index is 2.75. The molecule has 96 valence electrons. The maximum absolute atomic E-state index is 12.1. The third kappa shape index (κ3) is 3.74. The minimum absolute atomic E-state index is 0.0906. The van der Waals surface area contributed by atoms with Crippen molar-refractivity contribution in [1.82, 2.24) is 9.88 Å². The fourth-order valence-electron chi connectivity index (χ4n) is 1.41. The van der Waals surface area contributed by atoms with Crippen LogP contribution in [-0.4, -0.2) is 34.6 Å². The standard InChI is InChI=1S/C13H17N3OS/c1-4-18-12-6-5-11(9-15-12)13(17)16(3)10(2)7-8-14/h5-6,9-10H,4,7H2,1-3H3/t10-/m1/s1. The molecule has 0 bridgehead atoms. The molecule has 1 amide bonds. The van der Waals surface area contributed by atoms with E-state index in [0.717, 1.165) is 10.8 Å². The maximum Gasteiger partial charge on any atom is 0.255 e. The zero-order chi connectivity index (χ0) is 13.5. The number of pyridine rings is 1. The number of nitriles is 1. The molecule has 0 fully saturated rings. The molecule has 0 aliphatic heterocycles. The molecule has 1 aromatic heterocycles. The van der Waals surface area contributed by atoms with Gasteiger partial charge in [-0.15, -0.1) is 11.8 Å². The van der Waals surface area contributed by atoms with E-state index in [0.29, 0.717) is 12.0 Å². The van der Waals surface area contributed by atoms with Gasteiger partial charge >= 0.3 is 0 Å². The molecule has 0 spiro atoms. The highest BCUT2D eigenvalue weighted by molar-refractivity contribution is 7.99. The summed E-state index contributed by atoms with van der Waals surface area (Å²) in [6.07, 6.45) is 1.93. The molecule has 0 aromatic carbocycles. The fraction of sp³-hybridized carbons (Fsp3) is 0.462. The number of carbonyl (C=O) groups is 1. The van der Waals surface area contributed by atoms with Crippen molar-refractivity contribution in [2.45, 2.75) is 31.3 Å². The van der Waals surface area contributed by atoms with Gasteiger partial charge in [-0.25, -0.2) is 4.98 Å². The second-order valence-electron chi connectivity index (χ2n) is 3.95. The molecular formula is C13H17N3OS. The van der Waals surface area contributed by atoms with Crippen LogP contribution in [-0.2, 0) is 0 Å². The van der Waals surface area contributed by atoms with E-state index < -0.39 is 0 Å². The number of hydrogen-bond acceptors (Lipinski definition) is 4. The van der Waals surface area contributed by atoms with Crippen molar-refractivity contribution in [3.63, 3.8) is 0 Å². The summed E-state index contributed by atoms with van der Waals surface area (Å²) in [6, 6.07) is 5.61. The summed E-state index contributed by atoms with van der Waals surface area (Å²) in [5.41, 5.74) is 0.558. The number of hydrogen-bond donors (Lipinski definition) is 0. The smallest absolute Gasteiger partial charge is 0.255 e. The van der Waals surface area contributed by atoms with Crippen LogP contribution in [0.5, 0.6) is 0 Å². The minimum Gasteiger partial charge on any atom is -0.338 e. The predicted molar refractivity (Wildman–Crippen MR) is 72.4 cm³/mol. The van der Waals surface area contributed by atoms with E-state index in [4.69, 9.17) is 5.26 Å². The first-order chi connectivity index (χ1) is 8.60. The van der Waals surface area contributed by atoms with Crippen LogP contribution in [0.2, 0.25) is 0 Å². The van der Waals surface area contributed by atoms with Crippen molar-refractivity contribution in [2.75, 3.05) is 12.8 Å². The van der Waals surface area contributed by atoms with Crippen LogP contribution in [0.3, 0.4) is 0 Å². The molecule has 4 nitrogen and oxygen atoms in total. The first kappa shape index (κ1) is 14.5. The van der Waals surface area contributed by atoms with Crippen molar-refractivity contribution in [1.29, 1.82) is 5.26 Å². The van der Waals surface area contributed by atoms with E-state index in [1.54, 1.807) is 36.0 Å². The van der Waals surface area contributed by atoms with Crippen LogP contribution in [0.25, 0.3) is 0 Å². The van der Waals surface area contributed by atoms with Gasteiger partial charge in [-0.05, 0) is 24.8 Å². The van der Waals surface area contributed by atoms with Gasteiger partial charge in [0.2, 0.25) is 0 Å². The molecule has 0 unspecified atom stereocenters. The normalized spacial score (nSPS) is 11.7. The van der Waals surface area contributed by atoms with Gasteiger partial charge < -0.3 is 4.90 Å². The number of thioether (sulfide) groups is 1. The fourth-order valence-corrected chi connectivity index (χ4v) is 2.00. The van der Waals surface area contributed by atoms with Gasteiger partial charge in [0.1, 0.15) is 0 Å². The van der Waals surface area contributed by atoms with Gasteiger partial charge in [-0.1, -0.05) is 6.92 Å². The van der Waals surface area contributed by atoms with Gasteiger partial charge in [-0.2, -0.15) is 5.26 Å². The molecule has 0 radical (unpaired) electrons. The topological polar surface area (TPSA) is 57.0 Å². The van der Waals surface area contributed by atoms with Crippen LogP contribution in [0.1, 0.15) is 30.6 Å². The van der Waals surface area contributed by atoms with Gasteiger partial charge in [0.15, 0.2) is 0 Å². The quantitative estimate of drug-likeness (QED) is 0.766. The molecule has 1 rings (SSSR count). The van der Waals surface area contributed by atoms with Gasteiger partial charge in [-0.3, -0.25) is 4.79 Å². The molecule has 0 aliphatic carbocycles. The Kier molecular flexibility index (Phi) is 5.66. The Labute approximate surface area is 112 Å². The monoisotopic (exact) mass is 263 g/mol. The van der Waals surface area contributed by atoms with E-state index in [9.17, 15) is 4.79 Å². The van der Waals surface area contributed by atoms with E-state index in [-0.39, 0.29) is 11.9 Å². The Morgan fingerprint density at radius 2 is 2.33 bits per heavy atom. The molecule has 1 atom stereocenters. The lowest BCUT2D eigenvalue weighted by Crippen LogP contribution is -2.34. The lowest BCUT2D eigenvalue weighted by molar-refractivity contribution is 0.0745. The summed E-state index contributed by atoms with van der Waals surface area (Å²) in [6.45, 7) is 3.92. The minimum atomic E-state index is -0.0988. The first-order valence-electron chi connectivity index (χ1n) is 5.83. The second kappa shape index (κ2) is 7.02. The van der Waals surface area contributed by atoms with Gasteiger partial charge in [0.25, 0.3) is 5.91 Å². The lowest BCUT2D eigenvalue weighted by atomic mass is 10.2. The zero-order valence-electron chi connectivity index (χ0n) is 10.9. The molecular weight excluding hydrogens is 246 g/mol. The molecule has 0 N–H and O–H groups in total. The number of carbonyl (C=O) groups excluding carboxylic acids is 1. The highest BCUT2D eigenvalue weighted by Crippen LogP contribution is 2.15. The number of nitrogens with zero attached hydrogens (tertiary/aromatic N) is 3. The summed E-state index contributed by atoms with van der Waals surface area (Å²) in [4.78, 5) is 17.9. The predicted octanol–water partition coefficient (Wildman–Crippen LogP) is 2.57. The van der Waals surface area contributed by atoms with E-state index >= 15 is 0 Å². The lowest BCUT2D eigenvalue weighted by Gasteiger charge is -2.22.